The first kappa shape index (κ1) is 18.2. The molecule has 1 aromatic carbocycles. The third-order valence-corrected chi connectivity index (χ3v) is 4.22. The Balaban J connectivity index is 0.00000220. The predicted molar refractivity (Wildman–Crippen MR) is 91.8 cm³/mol. The lowest BCUT2D eigenvalue weighted by Gasteiger charge is -2.03. The smallest absolute Gasteiger partial charge is 0.220 e. The molecule has 1 amide bonds. The Kier molecular flexibility index (Phi) is 7.96. The average Bonchev–Trinajstić information content (AvgIpc) is 2.81. The number of aromatic nitrogens is 1. The summed E-state index contributed by atoms with van der Waals surface area (Å²) in [5.41, 5.74) is 0.929. The van der Waals surface area contributed by atoms with Gasteiger partial charge in [0.2, 0.25) is 5.91 Å². The van der Waals surface area contributed by atoms with Crippen LogP contribution in [0.2, 0.25) is 5.02 Å². The number of nitrogens with one attached hydrogen (secondary N) is 2. The highest BCUT2D eigenvalue weighted by molar-refractivity contribution is 7.18. The van der Waals surface area contributed by atoms with E-state index in [1.54, 1.807) is 11.3 Å². The Hall–Kier alpha value is -0.880. The molecule has 0 radical (unpaired) electrons. The minimum atomic E-state index is 0. The molecule has 0 fully saturated rings. The van der Waals surface area contributed by atoms with E-state index in [1.165, 1.54) is 0 Å². The Morgan fingerprint density at radius 3 is 2.95 bits per heavy atom. The third kappa shape index (κ3) is 5.79. The van der Waals surface area contributed by atoms with Crippen molar-refractivity contribution in [1.29, 1.82) is 0 Å². The summed E-state index contributed by atoms with van der Waals surface area (Å²) in [5, 5.41) is 7.67. The number of nitrogens with zero attached hydrogens (tertiary/aromatic N) is 1. The molecular weight excluding hydrogens is 329 g/mol. The van der Waals surface area contributed by atoms with Crippen LogP contribution in [0, 0.1) is 0 Å². The van der Waals surface area contributed by atoms with Crippen molar-refractivity contribution in [2.75, 3.05) is 20.1 Å². The van der Waals surface area contributed by atoms with Gasteiger partial charge in [-0.1, -0.05) is 11.6 Å². The summed E-state index contributed by atoms with van der Waals surface area (Å²) in [7, 11) is 1.89. The number of fused-ring (bicyclic) bond motifs is 1. The summed E-state index contributed by atoms with van der Waals surface area (Å²) >= 11 is 7.58. The van der Waals surface area contributed by atoms with Gasteiger partial charge in [-0.25, -0.2) is 4.98 Å². The summed E-state index contributed by atoms with van der Waals surface area (Å²) in [6.45, 7) is 1.50. The zero-order valence-electron chi connectivity index (χ0n) is 11.8. The average molecular weight is 348 g/mol. The van der Waals surface area contributed by atoms with Crippen LogP contribution in [0.3, 0.4) is 0 Å². The minimum Gasteiger partial charge on any atom is -0.356 e. The molecule has 2 N–H and O–H groups in total. The summed E-state index contributed by atoms with van der Waals surface area (Å²) in [5.74, 6) is 0.101. The number of halogens is 2. The maximum atomic E-state index is 11.6. The number of carbonyl (C=O) groups is 1. The van der Waals surface area contributed by atoms with Crippen LogP contribution >= 0.6 is 35.3 Å². The van der Waals surface area contributed by atoms with E-state index in [1.807, 2.05) is 25.2 Å². The van der Waals surface area contributed by atoms with Gasteiger partial charge in [0.05, 0.1) is 15.2 Å². The van der Waals surface area contributed by atoms with E-state index in [0.29, 0.717) is 18.0 Å². The van der Waals surface area contributed by atoms with Crippen LogP contribution in [0.4, 0.5) is 0 Å². The molecule has 0 spiro atoms. The molecule has 21 heavy (non-hydrogen) atoms. The van der Waals surface area contributed by atoms with E-state index in [4.69, 9.17) is 11.6 Å². The number of benzene rings is 1. The molecule has 116 valence electrons. The molecule has 1 heterocycles. The number of thiazole rings is 1. The molecule has 2 rings (SSSR count). The highest BCUT2D eigenvalue weighted by Crippen LogP contribution is 2.24. The lowest BCUT2D eigenvalue weighted by molar-refractivity contribution is -0.121. The van der Waals surface area contributed by atoms with E-state index in [-0.39, 0.29) is 18.3 Å². The molecular formula is C14H19Cl2N3OS. The van der Waals surface area contributed by atoms with E-state index >= 15 is 0 Å². The Morgan fingerprint density at radius 1 is 1.38 bits per heavy atom. The minimum absolute atomic E-state index is 0. The maximum Gasteiger partial charge on any atom is 0.220 e. The summed E-state index contributed by atoms with van der Waals surface area (Å²) in [6.07, 6.45) is 2.19. The van der Waals surface area contributed by atoms with Crippen LogP contribution < -0.4 is 10.6 Å². The molecule has 0 bridgehead atoms. The van der Waals surface area contributed by atoms with Gasteiger partial charge < -0.3 is 10.6 Å². The molecule has 0 saturated carbocycles. The highest BCUT2D eigenvalue weighted by atomic mass is 35.5. The number of rotatable bonds is 7. The first-order chi connectivity index (χ1) is 9.69. The van der Waals surface area contributed by atoms with Gasteiger partial charge in [-0.05, 0) is 38.2 Å². The standard InChI is InChI=1S/C14H18ClN3OS.ClH/c1-16-7-2-3-13(19)17-8-6-14-18-11-9-10(15)4-5-12(11)20-14;/h4-5,9,16H,2-3,6-8H2,1H3,(H,17,19);1H. The quantitative estimate of drug-likeness (QED) is 0.757. The summed E-state index contributed by atoms with van der Waals surface area (Å²) in [4.78, 5) is 16.1. The van der Waals surface area contributed by atoms with Gasteiger partial charge in [-0.15, -0.1) is 23.7 Å². The lowest BCUT2D eigenvalue weighted by Crippen LogP contribution is -2.26. The predicted octanol–water partition coefficient (Wildman–Crippen LogP) is 3.03. The number of hydrogen-bond donors (Lipinski definition) is 2. The summed E-state index contributed by atoms with van der Waals surface area (Å²) < 4.78 is 1.13. The number of carbonyl (C=O) groups excluding carboxylic acids is 1. The van der Waals surface area contributed by atoms with Crippen molar-refractivity contribution in [1.82, 2.24) is 15.6 Å². The van der Waals surface area contributed by atoms with Crippen molar-refractivity contribution in [3.63, 3.8) is 0 Å². The van der Waals surface area contributed by atoms with Gasteiger partial charge in [0.15, 0.2) is 0 Å². The van der Waals surface area contributed by atoms with Crippen LogP contribution in [0.1, 0.15) is 17.8 Å². The molecule has 0 aliphatic heterocycles. The number of amides is 1. The molecule has 7 heteroatoms. The van der Waals surface area contributed by atoms with Crippen molar-refractivity contribution in [2.24, 2.45) is 0 Å². The zero-order chi connectivity index (χ0) is 14.4. The second kappa shape index (κ2) is 9.20. The Morgan fingerprint density at radius 2 is 2.19 bits per heavy atom. The van der Waals surface area contributed by atoms with Gasteiger partial charge in [0, 0.05) is 24.4 Å². The van der Waals surface area contributed by atoms with Gasteiger partial charge >= 0.3 is 0 Å². The van der Waals surface area contributed by atoms with Gasteiger partial charge in [-0.3, -0.25) is 4.79 Å². The van der Waals surface area contributed by atoms with Crippen molar-refractivity contribution in [3.05, 3.63) is 28.2 Å². The molecule has 1 aromatic heterocycles. The fourth-order valence-electron chi connectivity index (χ4n) is 1.88. The molecule has 0 unspecified atom stereocenters. The first-order valence-electron chi connectivity index (χ1n) is 6.65. The van der Waals surface area contributed by atoms with Crippen LogP contribution in [-0.4, -0.2) is 31.0 Å². The van der Waals surface area contributed by atoms with E-state index in [2.05, 4.69) is 15.6 Å². The lowest BCUT2D eigenvalue weighted by atomic mass is 10.3. The fourth-order valence-corrected chi connectivity index (χ4v) is 2.99. The normalized spacial score (nSPS) is 10.4. The molecule has 0 saturated heterocycles. The number of hydrogen-bond acceptors (Lipinski definition) is 4. The Labute approximate surface area is 139 Å². The van der Waals surface area contributed by atoms with E-state index in [0.717, 1.165) is 34.6 Å². The Bertz CT molecular complexity index is 589. The molecule has 4 nitrogen and oxygen atoms in total. The second-order valence-electron chi connectivity index (χ2n) is 4.53. The fraction of sp³-hybridized carbons (Fsp3) is 0.429. The summed E-state index contributed by atoms with van der Waals surface area (Å²) in [6, 6.07) is 5.72. The van der Waals surface area contributed by atoms with Crippen molar-refractivity contribution in [3.8, 4) is 0 Å². The largest absolute Gasteiger partial charge is 0.356 e. The van der Waals surface area contributed by atoms with Crippen LogP contribution in [-0.2, 0) is 11.2 Å². The zero-order valence-corrected chi connectivity index (χ0v) is 14.2. The maximum absolute atomic E-state index is 11.6. The van der Waals surface area contributed by atoms with Gasteiger partial charge in [-0.2, -0.15) is 0 Å². The van der Waals surface area contributed by atoms with Gasteiger partial charge in [0.25, 0.3) is 0 Å². The monoisotopic (exact) mass is 347 g/mol. The van der Waals surface area contributed by atoms with Crippen LogP contribution in [0.5, 0.6) is 0 Å². The SMILES string of the molecule is CNCCCC(=O)NCCc1nc2cc(Cl)ccc2s1.Cl. The van der Waals surface area contributed by atoms with Crippen molar-refractivity contribution < 1.29 is 4.79 Å². The van der Waals surface area contributed by atoms with Crippen LogP contribution in [0.25, 0.3) is 10.2 Å². The van der Waals surface area contributed by atoms with E-state index < -0.39 is 0 Å². The molecule has 0 aliphatic carbocycles. The molecule has 0 atom stereocenters. The van der Waals surface area contributed by atoms with Gasteiger partial charge in [0.1, 0.15) is 0 Å². The third-order valence-electron chi connectivity index (χ3n) is 2.89. The first-order valence-corrected chi connectivity index (χ1v) is 7.85. The van der Waals surface area contributed by atoms with Crippen molar-refractivity contribution in [2.45, 2.75) is 19.3 Å². The second-order valence-corrected chi connectivity index (χ2v) is 6.08. The van der Waals surface area contributed by atoms with Crippen molar-refractivity contribution >= 4 is 51.5 Å². The van der Waals surface area contributed by atoms with E-state index in [9.17, 15) is 4.79 Å². The molecule has 2 aromatic rings. The molecule has 0 aliphatic rings. The highest BCUT2D eigenvalue weighted by Gasteiger charge is 2.05. The van der Waals surface area contributed by atoms with Crippen LogP contribution in [0.15, 0.2) is 18.2 Å². The topological polar surface area (TPSA) is 54.0 Å².